The molecule has 1 aromatic rings. The van der Waals surface area contributed by atoms with E-state index in [0.29, 0.717) is 12.5 Å². The van der Waals surface area contributed by atoms with Gasteiger partial charge in [0.05, 0.1) is 10.7 Å². The van der Waals surface area contributed by atoms with E-state index < -0.39 is 0 Å². The highest BCUT2D eigenvalue weighted by Crippen LogP contribution is 2.36. The van der Waals surface area contributed by atoms with Gasteiger partial charge >= 0.3 is 0 Å². The number of nitrogens with zero attached hydrogens (tertiary/aromatic N) is 1. The second kappa shape index (κ2) is 7.01. The van der Waals surface area contributed by atoms with Gasteiger partial charge in [-0.25, -0.2) is 4.98 Å². The van der Waals surface area contributed by atoms with Crippen molar-refractivity contribution in [3.63, 3.8) is 0 Å². The summed E-state index contributed by atoms with van der Waals surface area (Å²) in [7, 11) is 0. The monoisotopic (exact) mass is 281 g/mol. The molecular weight excluding hydrogens is 258 g/mol. The fourth-order valence-electron chi connectivity index (χ4n) is 2.50. The molecule has 1 fully saturated rings. The predicted molar refractivity (Wildman–Crippen MR) is 78.9 cm³/mol. The molecular formula is C14H23N3OS. The third-order valence-corrected chi connectivity index (χ3v) is 4.88. The van der Waals surface area contributed by atoms with Crippen molar-refractivity contribution in [1.29, 1.82) is 0 Å². The van der Waals surface area contributed by atoms with Gasteiger partial charge < -0.3 is 10.6 Å². The first-order valence-corrected chi connectivity index (χ1v) is 8.00. The zero-order chi connectivity index (χ0) is 13.7. The molecule has 2 rings (SSSR count). The average Bonchev–Trinajstić information content (AvgIpc) is 3.03. The molecule has 0 aliphatic heterocycles. The Morgan fingerprint density at radius 1 is 1.37 bits per heavy atom. The summed E-state index contributed by atoms with van der Waals surface area (Å²) in [6.45, 7) is 6.41. The molecule has 0 bridgehead atoms. The van der Waals surface area contributed by atoms with Gasteiger partial charge in [-0.2, -0.15) is 0 Å². The van der Waals surface area contributed by atoms with Gasteiger partial charge in [-0.1, -0.05) is 19.8 Å². The minimum atomic E-state index is 0.0251. The predicted octanol–water partition coefficient (Wildman–Crippen LogP) is 2.45. The van der Waals surface area contributed by atoms with E-state index in [1.807, 2.05) is 6.92 Å². The van der Waals surface area contributed by atoms with E-state index in [1.165, 1.54) is 25.7 Å². The molecule has 0 radical (unpaired) electrons. The second-order valence-corrected chi connectivity index (χ2v) is 6.09. The molecule has 5 heteroatoms. The number of rotatable bonds is 6. The highest BCUT2D eigenvalue weighted by Gasteiger charge is 2.23. The smallest absolute Gasteiger partial charge is 0.263 e. The van der Waals surface area contributed by atoms with E-state index in [-0.39, 0.29) is 5.91 Å². The molecule has 1 saturated carbocycles. The molecule has 1 aromatic heterocycles. The van der Waals surface area contributed by atoms with Gasteiger partial charge in [0.15, 0.2) is 0 Å². The van der Waals surface area contributed by atoms with Gasteiger partial charge in [0.1, 0.15) is 4.88 Å². The molecule has 1 aliphatic rings. The van der Waals surface area contributed by atoms with Crippen LogP contribution >= 0.6 is 11.3 Å². The lowest BCUT2D eigenvalue weighted by atomic mass is 10.1. The van der Waals surface area contributed by atoms with Crippen molar-refractivity contribution in [2.75, 3.05) is 19.6 Å². The van der Waals surface area contributed by atoms with Crippen LogP contribution in [0, 0.1) is 6.92 Å². The molecule has 0 atom stereocenters. The molecule has 1 amide bonds. The lowest BCUT2D eigenvalue weighted by molar-refractivity contribution is 0.0957. The molecule has 0 aromatic carbocycles. The standard InChI is InChI=1S/C14H23N3OS/c1-3-15-8-9-16-13(18)12-10(2)17-14(19-12)11-6-4-5-7-11/h11,15H,3-9H2,1-2H3,(H,16,18). The van der Waals surface area contributed by atoms with Gasteiger partial charge in [-0.3, -0.25) is 4.79 Å². The van der Waals surface area contributed by atoms with Gasteiger partial charge in [-0.15, -0.1) is 11.3 Å². The molecule has 4 nitrogen and oxygen atoms in total. The first-order chi connectivity index (χ1) is 9.22. The fraction of sp³-hybridized carbons (Fsp3) is 0.714. The average molecular weight is 281 g/mol. The Morgan fingerprint density at radius 3 is 2.79 bits per heavy atom. The highest BCUT2D eigenvalue weighted by molar-refractivity contribution is 7.13. The van der Waals surface area contributed by atoms with E-state index in [0.717, 1.165) is 28.7 Å². The van der Waals surface area contributed by atoms with Crippen LogP contribution in [0.15, 0.2) is 0 Å². The molecule has 1 aliphatic carbocycles. The molecule has 0 unspecified atom stereocenters. The lowest BCUT2D eigenvalue weighted by Crippen LogP contribution is -2.31. The van der Waals surface area contributed by atoms with E-state index >= 15 is 0 Å². The maximum atomic E-state index is 12.1. The lowest BCUT2D eigenvalue weighted by Gasteiger charge is -2.04. The van der Waals surface area contributed by atoms with Gasteiger partial charge in [-0.05, 0) is 26.3 Å². The summed E-state index contributed by atoms with van der Waals surface area (Å²) >= 11 is 1.59. The van der Waals surface area contributed by atoms with Crippen LogP contribution in [0.3, 0.4) is 0 Å². The van der Waals surface area contributed by atoms with Crippen LogP contribution < -0.4 is 10.6 Å². The van der Waals surface area contributed by atoms with Crippen LogP contribution in [0.25, 0.3) is 0 Å². The number of hydrogen-bond donors (Lipinski definition) is 2. The largest absolute Gasteiger partial charge is 0.350 e. The number of amides is 1. The summed E-state index contributed by atoms with van der Waals surface area (Å²) in [6, 6.07) is 0. The van der Waals surface area contributed by atoms with Crippen molar-refractivity contribution >= 4 is 17.2 Å². The molecule has 2 N–H and O–H groups in total. The van der Waals surface area contributed by atoms with Crippen molar-refractivity contribution in [1.82, 2.24) is 15.6 Å². The second-order valence-electron chi connectivity index (χ2n) is 5.06. The van der Waals surface area contributed by atoms with E-state index in [2.05, 4.69) is 22.5 Å². The van der Waals surface area contributed by atoms with Crippen LogP contribution in [-0.2, 0) is 0 Å². The molecule has 1 heterocycles. The van der Waals surface area contributed by atoms with Crippen LogP contribution in [0.4, 0.5) is 0 Å². The number of aryl methyl sites for hydroxylation is 1. The minimum absolute atomic E-state index is 0.0251. The van der Waals surface area contributed by atoms with Crippen LogP contribution in [0.2, 0.25) is 0 Å². The quantitative estimate of drug-likeness (QED) is 0.788. The third-order valence-electron chi connectivity index (χ3n) is 3.56. The summed E-state index contributed by atoms with van der Waals surface area (Å²) in [4.78, 5) is 17.5. The minimum Gasteiger partial charge on any atom is -0.350 e. The normalized spacial score (nSPS) is 15.9. The Kier molecular flexibility index (Phi) is 5.34. The zero-order valence-electron chi connectivity index (χ0n) is 11.8. The first-order valence-electron chi connectivity index (χ1n) is 7.18. The van der Waals surface area contributed by atoms with Gasteiger partial charge in [0.25, 0.3) is 5.91 Å². The van der Waals surface area contributed by atoms with E-state index in [4.69, 9.17) is 0 Å². The summed E-state index contributed by atoms with van der Waals surface area (Å²) in [5.41, 5.74) is 0.882. The number of carbonyl (C=O) groups is 1. The highest BCUT2D eigenvalue weighted by atomic mass is 32.1. The number of likely N-dealkylation sites (N-methyl/N-ethyl adjacent to an activating group) is 1. The summed E-state index contributed by atoms with van der Waals surface area (Å²) < 4.78 is 0. The van der Waals surface area contributed by atoms with Gasteiger partial charge in [0.2, 0.25) is 0 Å². The summed E-state index contributed by atoms with van der Waals surface area (Å²) in [5.74, 6) is 0.615. The first kappa shape index (κ1) is 14.5. The molecule has 0 saturated heterocycles. The number of nitrogens with one attached hydrogen (secondary N) is 2. The molecule has 106 valence electrons. The van der Waals surface area contributed by atoms with Crippen LogP contribution in [-0.4, -0.2) is 30.5 Å². The number of thiazole rings is 1. The van der Waals surface area contributed by atoms with Gasteiger partial charge in [0, 0.05) is 19.0 Å². The summed E-state index contributed by atoms with van der Waals surface area (Å²) in [6.07, 6.45) is 5.06. The maximum Gasteiger partial charge on any atom is 0.263 e. The Hall–Kier alpha value is -0.940. The number of hydrogen-bond acceptors (Lipinski definition) is 4. The Bertz CT molecular complexity index is 424. The number of carbonyl (C=O) groups excluding carboxylic acids is 1. The topological polar surface area (TPSA) is 54.0 Å². The maximum absolute atomic E-state index is 12.1. The van der Waals surface area contributed by atoms with Crippen molar-refractivity contribution in [2.45, 2.75) is 45.4 Å². The molecule has 19 heavy (non-hydrogen) atoms. The Labute approximate surface area is 119 Å². The van der Waals surface area contributed by atoms with Crippen molar-refractivity contribution in [2.24, 2.45) is 0 Å². The fourth-order valence-corrected chi connectivity index (χ4v) is 3.65. The van der Waals surface area contributed by atoms with Crippen LogP contribution in [0.5, 0.6) is 0 Å². The number of aromatic nitrogens is 1. The van der Waals surface area contributed by atoms with Crippen molar-refractivity contribution in [3.05, 3.63) is 15.6 Å². The van der Waals surface area contributed by atoms with Crippen LogP contribution in [0.1, 0.15) is 58.9 Å². The van der Waals surface area contributed by atoms with E-state index in [9.17, 15) is 4.79 Å². The van der Waals surface area contributed by atoms with E-state index in [1.54, 1.807) is 11.3 Å². The zero-order valence-corrected chi connectivity index (χ0v) is 12.6. The third kappa shape index (κ3) is 3.76. The Morgan fingerprint density at radius 2 is 2.11 bits per heavy atom. The SMILES string of the molecule is CCNCCNC(=O)c1sc(C2CCCC2)nc1C. The van der Waals surface area contributed by atoms with Crippen molar-refractivity contribution < 1.29 is 4.79 Å². The van der Waals surface area contributed by atoms with Crippen molar-refractivity contribution in [3.8, 4) is 0 Å². The summed E-state index contributed by atoms with van der Waals surface area (Å²) in [5, 5.41) is 7.30. The molecule has 0 spiro atoms. The Balaban J connectivity index is 1.93.